The Labute approximate surface area is 106 Å². The highest BCUT2D eigenvalue weighted by atomic mass is 28.4. The molecule has 0 radical (unpaired) electrons. The third-order valence-electron chi connectivity index (χ3n) is 2.52. The Morgan fingerprint density at radius 3 is 2.06 bits per heavy atom. The van der Waals surface area contributed by atoms with Crippen LogP contribution in [0.5, 0.6) is 0 Å². The van der Waals surface area contributed by atoms with E-state index in [0.29, 0.717) is 13.2 Å². The molecule has 0 spiro atoms. The van der Waals surface area contributed by atoms with Gasteiger partial charge in [-0.1, -0.05) is 35.9 Å². The zero-order valence-electron chi connectivity index (χ0n) is 11.2. The summed E-state index contributed by atoms with van der Waals surface area (Å²) in [5.74, 6) is 0. The summed E-state index contributed by atoms with van der Waals surface area (Å²) in [5.41, 5.74) is 4.57. The number of hydrogen-bond donors (Lipinski definition) is 0. The molecule has 0 aromatic heterocycles. The van der Waals surface area contributed by atoms with Gasteiger partial charge in [0.25, 0.3) is 0 Å². The molecule has 0 atom stereocenters. The summed E-state index contributed by atoms with van der Waals surface area (Å²) in [6, 6.07) is 8.44. The lowest BCUT2D eigenvalue weighted by molar-refractivity contribution is 0.201. The SMILES string of the molecule is CCO[Si](C)(/C=C/c1ccc(C)cc1)OCC. The average molecular weight is 250 g/mol. The van der Waals surface area contributed by atoms with Crippen molar-refractivity contribution in [2.24, 2.45) is 0 Å². The highest BCUT2D eigenvalue weighted by Crippen LogP contribution is 2.12. The van der Waals surface area contributed by atoms with Crippen LogP contribution in [-0.2, 0) is 8.85 Å². The topological polar surface area (TPSA) is 18.5 Å². The van der Waals surface area contributed by atoms with E-state index in [9.17, 15) is 0 Å². The normalized spacial score (nSPS) is 12.2. The maximum absolute atomic E-state index is 5.75. The van der Waals surface area contributed by atoms with E-state index in [1.54, 1.807) is 0 Å². The van der Waals surface area contributed by atoms with E-state index in [1.807, 2.05) is 13.8 Å². The van der Waals surface area contributed by atoms with Crippen LogP contribution in [-0.4, -0.2) is 21.8 Å². The Morgan fingerprint density at radius 2 is 1.59 bits per heavy atom. The van der Waals surface area contributed by atoms with Crippen molar-refractivity contribution in [3.8, 4) is 0 Å². The third-order valence-corrected chi connectivity index (χ3v) is 5.01. The fourth-order valence-electron chi connectivity index (χ4n) is 1.64. The molecular formula is C14H22O2Si. The predicted octanol–water partition coefficient (Wildman–Crippen LogP) is 3.69. The van der Waals surface area contributed by atoms with E-state index in [4.69, 9.17) is 8.85 Å². The Balaban J connectivity index is 2.75. The first-order valence-electron chi connectivity index (χ1n) is 6.13. The van der Waals surface area contributed by atoms with E-state index in [-0.39, 0.29) is 0 Å². The van der Waals surface area contributed by atoms with Gasteiger partial charge in [0.15, 0.2) is 0 Å². The van der Waals surface area contributed by atoms with Crippen molar-refractivity contribution < 1.29 is 8.85 Å². The van der Waals surface area contributed by atoms with Crippen molar-refractivity contribution in [1.29, 1.82) is 0 Å². The molecule has 0 aliphatic heterocycles. The molecule has 0 N–H and O–H groups in total. The molecule has 17 heavy (non-hydrogen) atoms. The summed E-state index contributed by atoms with van der Waals surface area (Å²) in [6.45, 7) is 9.56. The van der Waals surface area contributed by atoms with Crippen LogP contribution in [0, 0.1) is 6.92 Å². The van der Waals surface area contributed by atoms with Gasteiger partial charge in [-0.25, -0.2) is 0 Å². The monoisotopic (exact) mass is 250 g/mol. The predicted molar refractivity (Wildman–Crippen MR) is 75.1 cm³/mol. The lowest BCUT2D eigenvalue weighted by Gasteiger charge is -2.22. The summed E-state index contributed by atoms with van der Waals surface area (Å²) >= 11 is 0. The van der Waals surface area contributed by atoms with E-state index >= 15 is 0 Å². The summed E-state index contributed by atoms with van der Waals surface area (Å²) in [7, 11) is -2.13. The summed E-state index contributed by atoms with van der Waals surface area (Å²) < 4.78 is 11.5. The summed E-state index contributed by atoms with van der Waals surface area (Å²) in [5, 5.41) is 0. The largest absolute Gasteiger partial charge is 0.392 e. The lowest BCUT2D eigenvalue weighted by Crippen LogP contribution is -2.36. The second-order valence-electron chi connectivity index (χ2n) is 4.13. The summed E-state index contributed by atoms with van der Waals surface area (Å²) in [6.07, 6.45) is 2.09. The van der Waals surface area contributed by atoms with E-state index in [0.717, 1.165) is 0 Å². The standard InChI is InChI=1S/C14H22O2Si/c1-5-15-17(4,16-6-2)12-11-14-9-7-13(3)8-10-14/h7-12H,5-6H2,1-4H3/b12-11+. The molecule has 0 aliphatic carbocycles. The molecule has 0 saturated carbocycles. The zero-order valence-corrected chi connectivity index (χ0v) is 12.2. The van der Waals surface area contributed by atoms with Crippen molar-refractivity contribution >= 4 is 14.6 Å². The van der Waals surface area contributed by atoms with Crippen molar-refractivity contribution in [2.75, 3.05) is 13.2 Å². The first-order chi connectivity index (χ1) is 8.09. The molecule has 0 unspecified atom stereocenters. The molecule has 0 aliphatic rings. The quantitative estimate of drug-likeness (QED) is 0.717. The summed E-state index contributed by atoms with van der Waals surface area (Å²) in [4.78, 5) is 0. The lowest BCUT2D eigenvalue weighted by atomic mass is 10.2. The van der Waals surface area contributed by atoms with Crippen LogP contribution in [0.15, 0.2) is 30.0 Å². The van der Waals surface area contributed by atoms with Crippen LogP contribution in [0.2, 0.25) is 6.55 Å². The molecular weight excluding hydrogens is 228 g/mol. The highest BCUT2D eigenvalue weighted by Gasteiger charge is 2.26. The first-order valence-corrected chi connectivity index (χ1v) is 8.53. The zero-order chi connectivity index (χ0) is 12.7. The van der Waals surface area contributed by atoms with Crippen LogP contribution >= 0.6 is 0 Å². The van der Waals surface area contributed by atoms with Crippen LogP contribution < -0.4 is 0 Å². The molecule has 1 aromatic carbocycles. The van der Waals surface area contributed by atoms with E-state index < -0.39 is 8.56 Å². The molecule has 3 heteroatoms. The van der Waals surface area contributed by atoms with Gasteiger partial charge in [0.1, 0.15) is 0 Å². The van der Waals surface area contributed by atoms with Crippen molar-refractivity contribution in [2.45, 2.75) is 27.3 Å². The van der Waals surface area contributed by atoms with Crippen molar-refractivity contribution in [3.63, 3.8) is 0 Å². The second kappa shape index (κ2) is 6.74. The molecule has 1 aromatic rings. The van der Waals surface area contributed by atoms with Crippen molar-refractivity contribution in [1.82, 2.24) is 0 Å². The molecule has 2 nitrogen and oxygen atoms in total. The number of hydrogen-bond acceptors (Lipinski definition) is 2. The van der Waals surface area contributed by atoms with Crippen LogP contribution in [0.4, 0.5) is 0 Å². The number of benzene rings is 1. The Kier molecular flexibility index (Phi) is 5.61. The minimum absolute atomic E-state index is 0.695. The number of rotatable bonds is 6. The van der Waals surface area contributed by atoms with E-state index in [2.05, 4.69) is 49.5 Å². The van der Waals surface area contributed by atoms with Crippen LogP contribution in [0.25, 0.3) is 6.08 Å². The second-order valence-corrected chi connectivity index (χ2v) is 7.07. The first kappa shape index (κ1) is 14.2. The van der Waals surface area contributed by atoms with Crippen LogP contribution in [0.1, 0.15) is 25.0 Å². The average Bonchev–Trinajstić information content (AvgIpc) is 2.29. The molecule has 1 rings (SSSR count). The van der Waals surface area contributed by atoms with Gasteiger partial charge in [0.2, 0.25) is 0 Å². The Bertz CT molecular complexity index is 351. The van der Waals surface area contributed by atoms with Crippen LogP contribution in [0.3, 0.4) is 0 Å². The van der Waals surface area contributed by atoms with Gasteiger partial charge in [-0.3, -0.25) is 0 Å². The van der Waals surface area contributed by atoms with Crippen molar-refractivity contribution in [3.05, 3.63) is 41.1 Å². The molecule has 0 bridgehead atoms. The Morgan fingerprint density at radius 1 is 1.06 bits per heavy atom. The fourth-order valence-corrected chi connectivity index (χ4v) is 3.55. The van der Waals surface area contributed by atoms with Gasteiger partial charge in [-0.05, 0) is 38.6 Å². The smallest absolute Gasteiger partial charge is 0.361 e. The van der Waals surface area contributed by atoms with Gasteiger partial charge in [0.05, 0.1) is 0 Å². The molecule has 0 amide bonds. The fraction of sp³-hybridized carbons (Fsp3) is 0.429. The Hall–Kier alpha value is -0.903. The van der Waals surface area contributed by atoms with Gasteiger partial charge in [0, 0.05) is 13.2 Å². The van der Waals surface area contributed by atoms with Gasteiger partial charge in [-0.2, -0.15) is 0 Å². The number of aryl methyl sites for hydroxylation is 1. The maximum atomic E-state index is 5.75. The van der Waals surface area contributed by atoms with E-state index in [1.165, 1.54) is 11.1 Å². The minimum Gasteiger partial charge on any atom is -0.392 e. The minimum atomic E-state index is -2.13. The highest BCUT2D eigenvalue weighted by molar-refractivity contribution is 6.72. The van der Waals surface area contributed by atoms with Gasteiger partial charge >= 0.3 is 8.56 Å². The third kappa shape index (κ3) is 4.85. The van der Waals surface area contributed by atoms with Gasteiger partial charge < -0.3 is 8.85 Å². The molecule has 0 fully saturated rings. The maximum Gasteiger partial charge on any atom is 0.361 e. The molecule has 94 valence electrons. The molecule has 0 saturated heterocycles. The van der Waals surface area contributed by atoms with Gasteiger partial charge in [-0.15, -0.1) is 0 Å². The molecule has 0 heterocycles.